The molecule has 1 unspecified atom stereocenters. The van der Waals surface area contributed by atoms with Crippen LogP contribution in [0.15, 0.2) is 0 Å². The Morgan fingerprint density at radius 3 is 2.56 bits per heavy atom. The number of aliphatic hydroxyl groups excluding tert-OH is 1. The Labute approximate surface area is 99.2 Å². The SMILES string of the molecule is CC(O)CNCCN1CC2(CCCCC2)C1. The first-order chi connectivity index (χ1) is 7.70. The summed E-state index contributed by atoms with van der Waals surface area (Å²) in [5, 5.41) is 12.4. The van der Waals surface area contributed by atoms with Gasteiger partial charge in [-0.05, 0) is 25.2 Å². The van der Waals surface area contributed by atoms with Crippen molar-refractivity contribution in [3.05, 3.63) is 0 Å². The summed E-state index contributed by atoms with van der Waals surface area (Å²) in [7, 11) is 0. The third-order valence-electron chi connectivity index (χ3n) is 4.08. The zero-order valence-electron chi connectivity index (χ0n) is 10.5. The fourth-order valence-electron chi connectivity index (χ4n) is 3.23. The molecule has 0 radical (unpaired) electrons. The Morgan fingerprint density at radius 1 is 1.25 bits per heavy atom. The maximum atomic E-state index is 9.11. The van der Waals surface area contributed by atoms with E-state index < -0.39 is 0 Å². The molecule has 2 N–H and O–H groups in total. The molecule has 1 spiro atoms. The van der Waals surface area contributed by atoms with E-state index >= 15 is 0 Å². The van der Waals surface area contributed by atoms with Crippen molar-refractivity contribution in [3.8, 4) is 0 Å². The standard InChI is InChI=1S/C13H26N2O/c1-12(16)9-14-7-8-15-10-13(11-15)5-3-2-4-6-13/h12,14,16H,2-11H2,1H3. The van der Waals surface area contributed by atoms with Gasteiger partial charge < -0.3 is 15.3 Å². The van der Waals surface area contributed by atoms with E-state index in [4.69, 9.17) is 5.11 Å². The maximum absolute atomic E-state index is 9.11. The highest BCUT2D eigenvalue weighted by Gasteiger charge is 2.42. The van der Waals surface area contributed by atoms with E-state index in [-0.39, 0.29) is 6.10 Å². The zero-order chi connectivity index (χ0) is 11.4. The molecule has 16 heavy (non-hydrogen) atoms. The summed E-state index contributed by atoms with van der Waals surface area (Å²) in [5.41, 5.74) is 0.711. The van der Waals surface area contributed by atoms with E-state index in [0.29, 0.717) is 5.41 Å². The molecule has 94 valence electrons. The largest absolute Gasteiger partial charge is 0.392 e. The van der Waals surface area contributed by atoms with Crippen molar-refractivity contribution in [2.45, 2.75) is 45.1 Å². The minimum atomic E-state index is -0.221. The molecule has 0 aromatic heterocycles. The normalized spacial score (nSPS) is 26.6. The summed E-state index contributed by atoms with van der Waals surface area (Å²) in [5.74, 6) is 0. The second kappa shape index (κ2) is 5.48. The number of hydrogen-bond donors (Lipinski definition) is 2. The van der Waals surface area contributed by atoms with Crippen molar-refractivity contribution in [2.24, 2.45) is 5.41 Å². The minimum absolute atomic E-state index is 0.221. The third kappa shape index (κ3) is 3.19. The van der Waals surface area contributed by atoms with Gasteiger partial charge >= 0.3 is 0 Å². The predicted molar refractivity (Wildman–Crippen MR) is 66.5 cm³/mol. The summed E-state index contributed by atoms with van der Waals surface area (Å²) < 4.78 is 0. The predicted octanol–water partition coefficient (Wildman–Crippen LogP) is 1.22. The molecule has 2 fully saturated rings. The van der Waals surface area contributed by atoms with Crippen LogP contribution >= 0.6 is 0 Å². The van der Waals surface area contributed by atoms with Gasteiger partial charge in [0, 0.05) is 32.7 Å². The summed E-state index contributed by atoms with van der Waals surface area (Å²) in [6, 6.07) is 0. The molecule has 0 aromatic rings. The summed E-state index contributed by atoms with van der Waals surface area (Å²) >= 11 is 0. The van der Waals surface area contributed by atoms with Gasteiger partial charge in [-0.25, -0.2) is 0 Å². The number of rotatable bonds is 5. The van der Waals surface area contributed by atoms with E-state index in [1.165, 1.54) is 45.2 Å². The van der Waals surface area contributed by atoms with Crippen molar-refractivity contribution in [3.63, 3.8) is 0 Å². The molecule has 1 heterocycles. The molecule has 1 aliphatic heterocycles. The molecule has 0 amide bonds. The first-order valence-electron chi connectivity index (χ1n) is 6.81. The van der Waals surface area contributed by atoms with E-state index in [9.17, 15) is 0 Å². The molecule has 0 bridgehead atoms. The van der Waals surface area contributed by atoms with Crippen LogP contribution in [0, 0.1) is 5.41 Å². The lowest BCUT2D eigenvalue weighted by Crippen LogP contribution is -2.58. The molecule has 1 saturated carbocycles. The van der Waals surface area contributed by atoms with Gasteiger partial charge in [-0.3, -0.25) is 0 Å². The number of aliphatic hydroxyl groups is 1. The molecule has 1 atom stereocenters. The van der Waals surface area contributed by atoms with Crippen molar-refractivity contribution in [2.75, 3.05) is 32.7 Å². The Hall–Kier alpha value is -0.120. The van der Waals surface area contributed by atoms with E-state index in [0.717, 1.165) is 19.6 Å². The third-order valence-corrected chi connectivity index (χ3v) is 4.08. The lowest BCUT2D eigenvalue weighted by Gasteiger charge is -2.52. The first-order valence-corrected chi connectivity index (χ1v) is 6.81. The monoisotopic (exact) mass is 226 g/mol. The average molecular weight is 226 g/mol. The lowest BCUT2D eigenvalue weighted by molar-refractivity contribution is -0.0268. The topological polar surface area (TPSA) is 35.5 Å². The van der Waals surface area contributed by atoms with Crippen LogP contribution in [-0.2, 0) is 0 Å². The lowest BCUT2D eigenvalue weighted by atomic mass is 9.69. The van der Waals surface area contributed by atoms with Gasteiger partial charge in [-0.2, -0.15) is 0 Å². The van der Waals surface area contributed by atoms with Crippen LogP contribution in [0.5, 0.6) is 0 Å². The second-order valence-corrected chi connectivity index (χ2v) is 5.82. The zero-order valence-corrected chi connectivity index (χ0v) is 10.5. The molecular formula is C13H26N2O. The van der Waals surface area contributed by atoms with Crippen LogP contribution < -0.4 is 5.32 Å². The van der Waals surface area contributed by atoms with E-state index in [1.807, 2.05) is 6.92 Å². The number of nitrogens with zero attached hydrogens (tertiary/aromatic N) is 1. The maximum Gasteiger partial charge on any atom is 0.0636 e. The number of nitrogens with one attached hydrogen (secondary N) is 1. The smallest absolute Gasteiger partial charge is 0.0636 e. The Balaban J connectivity index is 1.54. The average Bonchev–Trinajstić information content (AvgIpc) is 2.23. The van der Waals surface area contributed by atoms with Crippen molar-refractivity contribution in [1.82, 2.24) is 10.2 Å². The van der Waals surface area contributed by atoms with Crippen LogP contribution in [0.25, 0.3) is 0 Å². The van der Waals surface area contributed by atoms with Crippen molar-refractivity contribution >= 4 is 0 Å². The van der Waals surface area contributed by atoms with E-state index in [1.54, 1.807) is 0 Å². The van der Waals surface area contributed by atoms with Gasteiger partial charge in [0.1, 0.15) is 0 Å². The first kappa shape index (κ1) is 12.3. The van der Waals surface area contributed by atoms with Crippen LogP contribution in [-0.4, -0.2) is 48.8 Å². The molecule has 3 heteroatoms. The number of hydrogen-bond acceptors (Lipinski definition) is 3. The highest BCUT2D eigenvalue weighted by molar-refractivity contribution is 4.96. The Bertz CT molecular complexity index is 204. The van der Waals surface area contributed by atoms with Crippen molar-refractivity contribution < 1.29 is 5.11 Å². The van der Waals surface area contributed by atoms with Gasteiger partial charge in [-0.1, -0.05) is 19.3 Å². The molecular weight excluding hydrogens is 200 g/mol. The number of likely N-dealkylation sites (tertiary alicyclic amines) is 1. The van der Waals surface area contributed by atoms with Gasteiger partial charge in [0.2, 0.25) is 0 Å². The van der Waals surface area contributed by atoms with Gasteiger partial charge in [0.15, 0.2) is 0 Å². The molecule has 2 rings (SSSR count). The fraction of sp³-hybridized carbons (Fsp3) is 1.00. The molecule has 2 aliphatic rings. The fourth-order valence-corrected chi connectivity index (χ4v) is 3.23. The molecule has 0 aromatic carbocycles. The minimum Gasteiger partial charge on any atom is -0.392 e. The summed E-state index contributed by atoms with van der Waals surface area (Å²) in [6.45, 7) is 7.36. The van der Waals surface area contributed by atoms with Crippen LogP contribution in [0.1, 0.15) is 39.0 Å². The highest BCUT2D eigenvalue weighted by atomic mass is 16.3. The van der Waals surface area contributed by atoms with Gasteiger partial charge in [0.05, 0.1) is 6.10 Å². The van der Waals surface area contributed by atoms with Crippen molar-refractivity contribution in [1.29, 1.82) is 0 Å². The van der Waals surface area contributed by atoms with Crippen LogP contribution in [0.3, 0.4) is 0 Å². The van der Waals surface area contributed by atoms with Gasteiger partial charge in [-0.15, -0.1) is 0 Å². The summed E-state index contributed by atoms with van der Waals surface area (Å²) in [4.78, 5) is 2.56. The highest BCUT2D eigenvalue weighted by Crippen LogP contribution is 2.43. The molecule has 1 saturated heterocycles. The second-order valence-electron chi connectivity index (χ2n) is 5.82. The summed E-state index contributed by atoms with van der Waals surface area (Å²) in [6.07, 6.45) is 7.07. The quantitative estimate of drug-likeness (QED) is 0.692. The van der Waals surface area contributed by atoms with Crippen LogP contribution in [0.4, 0.5) is 0 Å². The molecule has 1 aliphatic carbocycles. The van der Waals surface area contributed by atoms with Crippen LogP contribution in [0.2, 0.25) is 0 Å². The molecule has 3 nitrogen and oxygen atoms in total. The van der Waals surface area contributed by atoms with E-state index in [2.05, 4.69) is 10.2 Å². The Kier molecular flexibility index (Phi) is 4.22. The Morgan fingerprint density at radius 2 is 1.94 bits per heavy atom. The van der Waals surface area contributed by atoms with Gasteiger partial charge in [0.25, 0.3) is 0 Å².